The molecule has 1 unspecified atom stereocenters. The number of ether oxygens (including phenoxy) is 1. The zero-order chi connectivity index (χ0) is 13.0. The Balaban J connectivity index is 2.03. The molecule has 18 heavy (non-hydrogen) atoms. The van der Waals surface area contributed by atoms with Crippen molar-refractivity contribution in [3.8, 4) is 5.75 Å². The lowest BCUT2D eigenvalue weighted by molar-refractivity contribution is 0.159. The molecule has 0 radical (unpaired) electrons. The van der Waals surface area contributed by atoms with Crippen molar-refractivity contribution < 1.29 is 9.84 Å². The minimum Gasteiger partial charge on any atom is -0.493 e. The molecule has 100 valence electrons. The van der Waals surface area contributed by atoms with Crippen LogP contribution < -0.4 is 4.74 Å². The van der Waals surface area contributed by atoms with Gasteiger partial charge in [-0.05, 0) is 24.1 Å². The normalized spacial score (nSPS) is 15.3. The second kappa shape index (κ2) is 6.58. The van der Waals surface area contributed by atoms with Crippen LogP contribution in [0.2, 0.25) is 0 Å². The molecule has 1 atom stereocenters. The summed E-state index contributed by atoms with van der Waals surface area (Å²) in [4.78, 5) is 0. The van der Waals surface area contributed by atoms with E-state index in [1.165, 1.54) is 24.8 Å². The van der Waals surface area contributed by atoms with Crippen LogP contribution in [0.5, 0.6) is 5.75 Å². The summed E-state index contributed by atoms with van der Waals surface area (Å²) < 4.78 is 6.69. The molecule has 0 aromatic heterocycles. The Morgan fingerprint density at radius 3 is 2.94 bits per heavy atom. The Morgan fingerprint density at radius 2 is 2.17 bits per heavy atom. The van der Waals surface area contributed by atoms with Crippen LogP contribution in [0.15, 0.2) is 16.6 Å². The molecule has 0 bridgehead atoms. The number of fused-ring (bicyclic) bond motifs is 1. The van der Waals surface area contributed by atoms with Gasteiger partial charge in [-0.15, -0.1) is 0 Å². The number of unbranched alkanes of at least 4 members (excludes halogenated alkanes) is 3. The molecule has 0 fully saturated rings. The first-order valence-electron chi connectivity index (χ1n) is 6.85. The van der Waals surface area contributed by atoms with Gasteiger partial charge in [-0.2, -0.15) is 0 Å². The number of hydrogen-bond donors (Lipinski definition) is 1. The fourth-order valence-electron chi connectivity index (χ4n) is 2.47. The summed E-state index contributed by atoms with van der Waals surface area (Å²) >= 11 is 3.51. The topological polar surface area (TPSA) is 29.5 Å². The molecule has 1 aromatic rings. The van der Waals surface area contributed by atoms with Crippen LogP contribution in [0.25, 0.3) is 0 Å². The van der Waals surface area contributed by atoms with E-state index in [2.05, 4.69) is 28.9 Å². The maximum atomic E-state index is 10.3. The zero-order valence-corrected chi connectivity index (χ0v) is 12.5. The quantitative estimate of drug-likeness (QED) is 0.789. The smallest absolute Gasteiger partial charge is 0.128 e. The summed E-state index contributed by atoms with van der Waals surface area (Å²) in [5.41, 5.74) is 2.17. The molecule has 1 heterocycles. The molecule has 0 saturated carbocycles. The van der Waals surface area contributed by atoms with Crippen molar-refractivity contribution in [3.63, 3.8) is 0 Å². The highest BCUT2D eigenvalue weighted by Gasteiger charge is 2.21. The van der Waals surface area contributed by atoms with Crippen molar-refractivity contribution in [2.45, 2.75) is 51.6 Å². The molecule has 3 heteroatoms. The Labute approximate surface area is 117 Å². The van der Waals surface area contributed by atoms with E-state index in [4.69, 9.17) is 4.74 Å². The molecule has 2 rings (SSSR count). The summed E-state index contributed by atoms with van der Waals surface area (Å²) in [6.45, 7) is 2.94. The highest BCUT2D eigenvalue weighted by molar-refractivity contribution is 9.10. The fourth-order valence-corrected chi connectivity index (χ4v) is 2.99. The predicted molar refractivity (Wildman–Crippen MR) is 77.1 cm³/mol. The van der Waals surface area contributed by atoms with Crippen LogP contribution in [-0.2, 0) is 6.42 Å². The van der Waals surface area contributed by atoms with Crippen molar-refractivity contribution in [1.29, 1.82) is 0 Å². The van der Waals surface area contributed by atoms with Crippen molar-refractivity contribution in [1.82, 2.24) is 0 Å². The monoisotopic (exact) mass is 312 g/mol. The second-order valence-corrected chi connectivity index (χ2v) is 5.86. The van der Waals surface area contributed by atoms with Crippen LogP contribution in [0, 0.1) is 0 Å². The lowest BCUT2D eigenvalue weighted by Gasteiger charge is -2.15. The first kappa shape index (κ1) is 13.9. The fraction of sp³-hybridized carbons (Fsp3) is 0.600. The van der Waals surface area contributed by atoms with Gasteiger partial charge in [0, 0.05) is 16.5 Å². The molecule has 2 nitrogen and oxygen atoms in total. The number of benzene rings is 1. The maximum absolute atomic E-state index is 10.3. The SMILES string of the molecule is CCCCCCC(O)c1cc(Br)cc2c1OCC2. The van der Waals surface area contributed by atoms with Gasteiger partial charge in [0.25, 0.3) is 0 Å². The van der Waals surface area contributed by atoms with Gasteiger partial charge in [0.15, 0.2) is 0 Å². The molecular weight excluding hydrogens is 292 g/mol. The summed E-state index contributed by atoms with van der Waals surface area (Å²) in [6, 6.07) is 4.09. The molecule has 0 saturated heterocycles. The lowest BCUT2D eigenvalue weighted by Crippen LogP contribution is -2.01. The Bertz CT molecular complexity index is 404. The molecule has 1 N–H and O–H groups in total. The van der Waals surface area contributed by atoms with E-state index in [0.717, 1.165) is 41.7 Å². The van der Waals surface area contributed by atoms with Crippen molar-refractivity contribution in [2.24, 2.45) is 0 Å². The predicted octanol–water partition coefficient (Wildman–Crippen LogP) is 4.39. The van der Waals surface area contributed by atoms with Gasteiger partial charge in [-0.1, -0.05) is 48.5 Å². The second-order valence-electron chi connectivity index (χ2n) is 4.95. The summed E-state index contributed by atoms with van der Waals surface area (Å²) in [6.07, 6.45) is 6.13. The molecule has 0 aliphatic carbocycles. The largest absolute Gasteiger partial charge is 0.493 e. The van der Waals surface area contributed by atoms with Crippen LogP contribution in [0.4, 0.5) is 0 Å². The van der Waals surface area contributed by atoms with Gasteiger partial charge in [0.05, 0.1) is 12.7 Å². The van der Waals surface area contributed by atoms with Crippen LogP contribution in [-0.4, -0.2) is 11.7 Å². The number of hydrogen-bond acceptors (Lipinski definition) is 2. The lowest BCUT2D eigenvalue weighted by atomic mass is 9.99. The van der Waals surface area contributed by atoms with Gasteiger partial charge < -0.3 is 9.84 Å². The highest BCUT2D eigenvalue weighted by Crippen LogP contribution is 2.37. The van der Waals surface area contributed by atoms with E-state index in [1.54, 1.807) is 0 Å². The third-order valence-electron chi connectivity index (χ3n) is 3.47. The highest BCUT2D eigenvalue weighted by atomic mass is 79.9. The molecule has 0 amide bonds. The number of aliphatic hydroxyl groups is 1. The van der Waals surface area contributed by atoms with E-state index >= 15 is 0 Å². The molecule has 1 aromatic carbocycles. The zero-order valence-electron chi connectivity index (χ0n) is 10.9. The van der Waals surface area contributed by atoms with Gasteiger partial charge in [-0.25, -0.2) is 0 Å². The summed E-state index contributed by atoms with van der Waals surface area (Å²) in [5, 5.41) is 10.3. The average Bonchev–Trinajstić information content (AvgIpc) is 2.81. The average molecular weight is 313 g/mol. The van der Waals surface area contributed by atoms with Gasteiger partial charge in [0.1, 0.15) is 5.75 Å². The summed E-state index contributed by atoms with van der Waals surface area (Å²) in [5.74, 6) is 0.918. The molecule has 0 spiro atoms. The number of rotatable bonds is 6. The first-order valence-corrected chi connectivity index (χ1v) is 7.65. The Kier molecular flexibility index (Phi) is 5.07. The third kappa shape index (κ3) is 3.27. The van der Waals surface area contributed by atoms with E-state index in [1.807, 2.05) is 6.07 Å². The molecular formula is C15H21BrO2. The third-order valence-corrected chi connectivity index (χ3v) is 3.93. The van der Waals surface area contributed by atoms with E-state index in [0.29, 0.717) is 0 Å². The molecule has 1 aliphatic heterocycles. The van der Waals surface area contributed by atoms with Gasteiger partial charge in [0.2, 0.25) is 0 Å². The Morgan fingerprint density at radius 1 is 1.33 bits per heavy atom. The van der Waals surface area contributed by atoms with Crippen LogP contribution in [0.3, 0.4) is 0 Å². The maximum Gasteiger partial charge on any atom is 0.128 e. The van der Waals surface area contributed by atoms with E-state index in [-0.39, 0.29) is 0 Å². The minimum absolute atomic E-state index is 0.397. The minimum atomic E-state index is -0.397. The van der Waals surface area contributed by atoms with Crippen molar-refractivity contribution in [2.75, 3.05) is 6.61 Å². The van der Waals surface area contributed by atoms with E-state index in [9.17, 15) is 5.11 Å². The molecule has 1 aliphatic rings. The Hall–Kier alpha value is -0.540. The van der Waals surface area contributed by atoms with E-state index < -0.39 is 6.10 Å². The standard InChI is InChI=1S/C15H21BrO2/c1-2-3-4-5-6-14(17)13-10-12(16)9-11-7-8-18-15(11)13/h9-10,14,17H,2-8H2,1H3. The van der Waals surface area contributed by atoms with Gasteiger partial charge >= 0.3 is 0 Å². The van der Waals surface area contributed by atoms with Crippen LogP contribution in [0.1, 0.15) is 56.3 Å². The van der Waals surface area contributed by atoms with Crippen LogP contribution >= 0.6 is 15.9 Å². The van der Waals surface area contributed by atoms with Gasteiger partial charge in [-0.3, -0.25) is 0 Å². The van der Waals surface area contributed by atoms with Crippen molar-refractivity contribution >= 4 is 15.9 Å². The number of aliphatic hydroxyl groups excluding tert-OH is 1. The van der Waals surface area contributed by atoms with Crippen molar-refractivity contribution in [3.05, 3.63) is 27.7 Å². The number of halogens is 1. The summed E-state index contributed by atoms with van der Waals surface area (Å²) in [7, 11) is 0. The first-order chi connectivity index (χ1) is 8.72.